The van der Waals surface area contributed by atoms with E-state index in [0.717, 1.165) is 0 Å². The molecule has 0 aromatic heterocycles. The Balaban J connectivity index is 2.95. The number of carbonyl (C=O) groups is 1. The van der Waals surface area contributed by atoms with Crippen molar-refractivity contribution in [3.05, 3.63) is 24.5 Å². The molecule has 0 aromatic rings. The molecule has 1 aliphatic rings. The molecule has 0 amide bonds. The highest BCUT2D eigenvalue weighted by Gasteiger charge is 2.34. The molecular weight excluding hydrogens is 320 g/mol. The first kappa shape index (κ1) is 20.5. The summed E-state index contributed by atoms with van der Waals surface area (Å²) < 4.78 is 16.6. The molecule has 0 N–H and O–H groups in total. The average molecular weight is 351 g/mol. The Kier molecular flexibility index (Phi) is 6.49. The highest BCUT2D eigenvalue weighted by Crippen LogP contribution is 2.35. The molecule has 0 aromatic carbocycles. The molecule has 1 aliphatic heterocycles. The van der Waals surface area contributed by atoms with Gasteiger partial charge in [-0.25, -0.2) is 4.79 Å². The first-order chi connectivity index (χ1) is 10.9. The molecule has 1 heterocycles. The van der Waals surface area contributed by atoms with Gasteiger partial charge in [-0.3, -0.25) is 0 Å². The van der Waals surface area contributed by atoms with Crippen LogP contribution in [-0.2, 0) is 19.0 Å². The van der Waals surface area contributed by atoms with E-state index in [1.165, 1.54) is 6.08 Å². The van der Waals surface area contributed by atoms with E-state index >= 15 is 0 Å². The number of hydrogen-bond acceptors (Lipinski definition) is 4. The third-order valence-electron chi connectivity index (χ3n) is 4.22. The van der Waals surface area contributed by atoms with Gasteiger partial charge >= 0.3 is 5.97 Å². The van der Waals surface area contributed by atoms with Crippen molar-refractivity contribution in [2.24, 2.45) is 0 Å². The van der Waals surface area contributed by atoms with Crippen LogP contribution in [0.15, 0.2) is 24.5 Å². The Morgan fingerprint density at radius 3 is 2.50 bits per heavy atom. The van der Waals surface area contributed by atoms with Gasteiger partial charge in [0, 0.05) is 20.3 Å². The van der Waals surface area contributed by atoms with Gasteiger partial charge in [-0.1, -0.05) is 45.9 Å². The van der Waals surface area contributed by atoms with Gasteiger partial charge in [0.1, 0.15) is 19.9 Å². The normalized spacial score (nSPS) is 18.5. The van der Waals surface area contributed by atoms with E-state index in [2.05, 4.69) is 51.9 Å². The molecule has 4 nitrogen and oxygen atoms in total. The van der Waals surface area contributed by atoms with E-state index in [1.54, 1.807) is 19.9 Å². The maximum Gasteiger partial charge on any atom is 0.337 e. The van der Waals surface area contributed by atoms with Gasteiger partial charge in [-0.2, -0.15) is 0 Å². The van der Waals surface area contributed by atoms with Crippen molar-refractivity contribution in [1.82, 2.24) is 0 Å². The lowest BCUT2D eigenvalue weighted by atomic mass is 10.2. The van der Waals surface area contributed by atoms with Crippen LogP contribution in [0.3, 0.4) is 0 Å². The van der Waals surface area contributed by atoms with E-state index in [-0.39, 0.29) is 11.1 Å². The average Bonchev–Trinajstić information content (AvgIpc) is 2.38. The van der Waals surface area contributed by atoms with Crippen LogP contribution in [0.5, 0.6) is 0 Å². The Hall–Kier alpha value is -1.51. The summed E-state index contributed by atoms with van der Waals surface area (Å²) in [5, 5.41) is 0.176. The predicted octanol–water partition coefficient (Wildman–Crippen LogP) is 4.19. The summed E-state index contributed by atoms with van der Waals surface area (Å²) >= 11 is 0. The zero-order valence-electron chi connectivity index (χ0n) is 16.0. The molecule has 1 rings (SSSR count). The van der Waals surface area contributed by atoms with Crippen LogP contribution in [0.4, 0.5) is 0 Å². The van der Waals surface area contributed by atoms with Crippen LogP contribution in [0.25, 0.3) is 0 Å². The highest BCUT2D eigenvalue weighted by atomic mass is 28.3. The summed E-state index contributed by atoms with van der Waals surface area (Å²) in [4.78, 5) is 11.7. The summed E-state index contributed by atoms with van der Waals surface area (Å²) in [6, 6.07) is 0. The molecule has 1 atom stereocenters. The molecule has 0 aliphatic carbocycles. The number of ether oxygens (including phenoxy) is 3. The zero-order valence-corrected chi connectivity index (χ0v) is 17.0. The van der Waals surface area contributed by atoms with Gasteiger partial charge in [-0.15, -0.1) is 12.1 Å². The molecule has 0 unspecified atom stereocenters. The number of hydrogen-bond donors (Lipinski definition) is 0. The third kappa shape index (κ3) is 6.18. The summed E-state index contributed by atoms with van der Waals surface area (Å²) in [7, 11) is -1.73. The van der Waals surface area contributed by atoms with Crippen molar-refractivity contribution in [2.45, 2.75) is 71.1 Å². The monoisotopic (exact) mass is 350 g/mol. The quantitative estimate of drug-likeness (QED) is 0.323. The van der Waals surface area contributed by atoms with Crippen molar-refractivity contribution in [3.63, 3.8) is 0 Å². The molecule has 0 spiro atoms. The van der Waals surface area contributed by atoms with Crippen molar-refractivity contribution < 1.29 is 19.0 Å². The van der Waals surface area contributed by atoms with E-state index in [0.29, 0.717) is 18.8 Å². The lowest BCUT2D eigenvalue weighted by molar-refractivity contribution is -0.206. The standard InChI is InChI=1S/C19H30O4Si/c1-9-11-21-15(10-12-24(7,8)18(2,3)4)13-16-14-17(20)23-19(5,6)22-16/h9,14-15H,1,11,13H2,2-8H3/t15-/m1/s1. The van der Waals surface area contributed by atoms with E-state index < -0.39 is 19.8 Å². The fourth-order valence-electron chi connectivity index (χ4n) is 1.84. The molecule has 5 heteroatoms. The second-order valence-electron chi connectivity index (χ2n) is 7.99. The van der Waals surface area contributed by atoms with Crippen LogP contribution < -0.4 is 0 Å². The lowest BCUT2D eigenvalue weighted by Gasteiger charge is -2.32. The first-order valence-corrected chi connectivity index (χ1v) is 11.2. The van der Waals surface area contributed by atoms with Gasteiger partial charge in [-0.05, 0) is 5.04 Å². The van der Waals surface area contributed by atoms with Gasteiger partial charge in [0.25, 0.3) is 0 Å². The maximum absolute atomic E-state index is 11.7. The van der Waals surface area contributed by atoms with Crippen LogP contribution >= 0.6 is 0 Å². The second-order valence-corrected chi connectivity index (χ2v) is 13.0. The minimum atomic E-state index is -1.73. The highest BCUT2D eigenvalue weighted by molar-refractivity contribution is 6.87. The molecular formula is C19H30O4Si. The number of esters is 1. The van der Waals surface area contributed by atoms with E-state index in [1.807, 2.05) is 0 Å². The van der Waals surface area contributed by atoms with Gasteiger partial charge < -0.3 is 14.2 Å². The molecule has 0 bridgehead atoms. The molecule has 0 saturated carbocycles. The first-order valence-electron chi connectivity index (χ1n) is 8.24. The smallest absolute Gasteiger partial charge is 0.337 e. The van der Waals surface area contributed by atoms with Crippen molar-refractivity contribution in [3.8, 4) is 11.5 Å². The lowest BCUT2D eigenvalue weighted by Crippen LogP contribution is -2.36. The fraction of sp³-hybridized carbons (Fsp3) is 0.632. The summed E-state index contributed by atoms with van der Waals surface area (Å²) in [6.07, 6.45) is 3.12. The minimum Gasteiger partial charge on any atom is -0.457 e. The Morgan fingerprint density at radius 2 is 2.00 bits per heavy atom. The van der Waals surface area contributed by atoms with Crippen LogP contribution in [0, 0.1) is 11.5 Å². The van der Waals surface area contributed by atoms with Crippen LogP contribution in [0.2, 0.25) is 18.1 Å². The zero-order chi connectivity index (χ0) is 18.6. The molecule has 0 saturated heterocycles. The van der Waals surface area contributed by atoms with Crippen LogP contribution in [-0.4, -0.2) is 32.5 Å². The van der Waals surface area contributed by atoms with Gasteiger partial charge in [0.05, 0.1) is 12.7 Å². The number of cyclic esters (lactones) is 1. The Labute approximate surface area is 147 Å². The van der Waals surface area contributed by atoms with Crippen LogP contribution in [0.1, 0.15) is 41.0 Å². The maximum atomic E-state index is 11.7. The van der Waals surface area contributed by atoms with Gasteiger partial charge in [0.2, 0.25) is 5.79 Å². The molecule has 0 radical (unpaired) electrons. The number of carbonyl (C=O) groups excluding carboxylic acids is 1. The summed E-state index contributed by atoms with van der Waals surface area (Å²) in [6.45, 7) is 18.7. The van der Waals surface area contributed by atoms with Crippen molar-refractivity contribution in [2.75, 3.05) is 6.61 Å². The Bertz CT molecular complexity index is 570. The van der Waals surface area contributed by atoms with E-state index in [4.69, 9.17) is 14.2 Å². The topological polar surface area (TPSA) is 44.8 Å². The second kappa shape index (κ2) is 7.58. The fourth-order valence-corrected chi connectivity index (χ4v) is 2.73. The minimum absolute atomic E-state index is 0.176. The number of rotatable bonds is 5. The third-order valence-corrected chi connectivity index (χ3v) is 8.74. The summed E-state index contributed by atoms with van der Waals surface area (Å²) in [5.74, 6) is 2.43. The van der Waals surface area contributed by atoms with Crippen molar-refractivity contribution in [1.29, 1.82) is 0 Å². The van der Waals surface area contributed by atoms with Crippen molar-refractivity contribution >= 4 is 14.0 Å². The summed E-state index contributed by atoms with van der Waals surface area (Å²) in [5.41, 5.74) is 3.46. The van der Waals surface area contributed by atoms with E-state index in [9.17, 15) is 4.79 Å². The SMILES string of the molecule is C=CCO[C@H](C#C[Si](C)(C)C(C)(C)C)CC1=CC(=O)OC(C)(C)O1. The largest absolute Gasteiger partial charge is 0.457 e. The Morgan fingerprint density at radius 1 is 1.38 bits per heavy atom. The predicted molar refractivity (Wildman–Crippen MR) is 98.9 cm³/mol. The molecule has 134 valence electrons. The molecule has 24 heavy (non-hydrogen) atoms. The van der Waals surface area contributed by atoms with Gasteiger partial charge in [0.15, 0.2) is 0 Å². The molecule has 0 fully saturated rings.